The summed E-state index contributed by atoms with van der Waals surface area (Å²) in [6, 6.07) is 1.85. The monoisotopic (exact) mass is 410 g/mol. The fraction of sp³-hybridized carbons (Fsp3) is 0.273. The van der Waals surface area contributed by atoms with Crippen molar-refractivity contribution in [2.45, 2.75) is 10.8 Å². The van der Waals surface area contributed by atoms with Crippen LogP contribution in [0.1, 0.15) is 16.1 Å². The van der Waals surface area contributed by atoms with Gasteiger partial charge < -0.3 is 4.74 Å². The molecule has 21 heavy (non-hydrogen) atoms. The number of aromatic nitrogens is 1. The van der Waals surface area contributed by atoms with Crippen molar-refractivity contribution in [2.75, 3.05) is 14.2 Å². The van der Waals surface area contributed by atoms with Gasteiger partial charge in [-0.25, -0.2) is 18.2 Å². The number of sulfonamides is 1. The van der Waals surface area contributed by atoms with Crippen molar-refractivity contribution in [3.8, 4) is 0 Å². The summed E-state index contributed by atoms with van der Waals surface area (Å²) < 4.78 is 31.6. The van der Waals surface area contributed by atoms with Crippen molar-refractivity contribution < 1.29 is 17.9 Å². The molecule has 0 aliphatic carbocycles. The summed E-state index contributed by atoms with van der Waals surface area (Å²) in [5.41, 5.74) is 2.00. The Morgan fingerprint density at radius 2 is 2.19 bits per heavy atom. The number of hydrogen-bond donors (Lipinski definition) is 0. The Labute approximate surface area is 138 Å². The van der Waals surface area contributed by atoms with E-state index in [1.807, 2.05) is 11.4 Å². The van der Waals surface area contributed by atoms with Crippen molar-refractivity contribution in [3.63, 3.8) is 0 Å². The minimum atomic E-state index is -3.79. The third-order valence-electron chi connectivity index (χ3n) is 2.59. The zero-order valence-electron chi connectivity index (χ0n) is 11.1. The minimum Gasteiger partial charge on any atom is -0.464 e. The van der Waals surface area contributed by atoms with Crippen LogP contribution < -0.4 is 0 Å². The lowest BCUT2D eigenvalue weighted by Crippen LogP contribution is -2.27. The van der Waals surface area contributed by atoms with E-state index in [0.717, 1.165) is 20.7 Å². The van der Waals surface area contributed by atoms with Gasteiger partial charge in [-0.2, -0.15) is 4.31 Å². The fourth-order valence-corrected chi connectivity index (χ4v) is 5.25. The first kappa shape index (κ1) is 16.6. The topological polar surface area (TPSA) is 76.6 Å². The Kier molecular flexibility index (Phi) is 5.15. The zero-order chi connectivity index (χ0) is 15.6. The summed E-state index contributed by atoms with van der Waals surface area (Å²) in [5, 5.41) is 1.87. The smallest absolute Gasteiger partial charge is 0.358 e. The van der Waals surface area contributed by atoms with E-state index in [0.29, 0.717) is 0 Å². The van der Waals surface area contributed by atoms with E-state index in [9.17, 15) is 13.2 Å². The van der Waals surface area contributed by atoms with Gasteiger partial charge in [-0.1, -0.05) is 0 Å². The molecule has 0 unspecified atom stereocenters. The van der Waals surface area contributed by atoms with Crippen LogP contribution in [0.5, 0.6) is 0 Å². The molecule has 0 aliphatic rings. The Balaban J connectivity index is 2.29. The normalized spacial score (nSPS) is 11.8. The van der Waals surface area contributed by atoms with Crippen LogP contribution in [0, 0.1) is 0 Å². The number of ether oxygens (including phenoxy) is 1. The van der Waals surface area contributed by atoms with Crippen LogP contribution >= 0.6 is 38.6 Å². The van der Waals surface area contributed by atoms with Gasteiger partial charge in [0.15, 0.2) is 9.90 Å². The molecule has 0 saturated carbocycles. The number of carbonyl (C=O) groups excluding carboxylic acids is 1. The third-order valence-corrected chi connectivity index (χ3v) is 7.29. The van der Waals surface area contributed by atoms with Crippen molar-refractivity contribution in [3.05, 3.63) is 32.0 Å². The van der Waals surface area contributed by atoms with Gasteiger partial charge in [-0.05, 0) is 32.9 Å². The molecule has 0 N–H and O–H groups in total. The minimum absolute atomic E-state index is 0.105. The summed E-state index contributed by atoms with van der Waals surface area (Å²) in [6.45, 7) is 0.211. The van der Waals surface area contributed by atoms with Crippen LogP contribution in [0.25, 0.3) is 0 Å². The number of methoxy groups -OCH3 is 1. The standard InChI is InChI=1S/C11H11BrN2O4S3/c1-14(4-7-3-8(12)19-5-7)21(16,17)11-9(10(15)18-2)13-6-20-11/h3,5-6H,4H2,1-2H3. The molecule has 0 saturated heterocycles. The first-order chi connectivity index (χ1) is 9.86. The van der Waals surface area contributed by atoms with Gasteiger partial charge >= 0.3 is 5.97 Å². The molecule has 0 aromatic carbocycles. The average molecular weight is 411 g/mol. The molecule has 10 heteroatoms. The molecule has 2 aromatic rings. The molecule has 0 bridgehead atoms. The van der Waals surface area contributed by atoms with Gasteiger partial charge in [0.05, 0.1) is 16.4 Å². The second kappa shape index (κ2) is 6.53. The molecule has 0 atom stereocenters. The highest BCUT2D eigenvalue weighted by molar-refractivity contribution is 9.11. The van der Waals surface area contributed by atoms with Gasteiger partial charge in [-0.15, -0.1) is 22.7 Å². The zero-order valence-corrected chi connectivity index (χ0v) is 15.1. The number of rotatable bonds is 5. The second-order valence-corrected chi connectivity index (χ2v) is 9.39. The van der Waals surface area contributed by atoms with E-state index < -0.39 is 16.0 Å². The van der Waals surface area contributed by atoms with E-state index in [1.54, 1.807) is 0 Å². The predicted molar refractivity (Wildman–Crippen MR) is 84.1 cm³/mol. The number of nitrogens with zero attached hydrogens (tertiary/aromatic N) is 2. The number of thiazole rings is 1. The molecule has 0 aliphatic heterocycles. The van der Waals surface area contributed by atoms with Crippen LogP contribution in [0.3, 0.4) is 0 Å². The molecule has 0 radical (unpaired) electrons. The number of thiophene rings is 1. The van der Waals surface area contributed by atoms with Crippen molar-refractivity contribution in [1.29, 1.82) is 0 Å². The van der Waals surface area contributed by atoms with Crippen LogP contribution in [0.2, 0.25) is 0 Å². The molecule has 2 rings (SSSR count). The Hall–Kier alpha value is -0.810. The Bertz CT molecular complexity index is 753. The van der Waals surface area contributed by atoms with Gasteiger partial charge in [0.25, 0.3) is 10.0 Å². The number of hydrogen-bond acceptors (Lipinski definition) is 7. The molecule has 6 nitrogen and oxygen atoms in total. The molecular formula is C11H11BrN2O4S3. The largest absolute Gasteiger partial charge is 0.464 e. The number of halogens is 1. The van der Waals surface area contributed by atoms with Crippen LogP contribution in [-0.4, -0.2) is 37.8 Å². The summed E-state index contributed by atoms with van der Waals surface area (Å²) in [7, 11) is -1.15. The van der Waals surface area contributed by atoms with Gasteiger partial charge in [0.1, 0.15) is 0 Å². The predicted octanol–water partition coefficient (Wildman–Crippen LogP) is 2.57. The molecule has 0 amide bonds. The summed E-state index contributed by atoms with van der Waals surface area (Å²) in [4.78, 5) is 15.3. The van der Waals surface area contributed by atoms with Crippen molar-refractivity contribution in [1.82, 2.24) is 9.29 Å². The van der Waals surface area contributed by atoms with E-state index in [-0.39, 0.29) is 16.4 Å². The maximum absolute atomic E-state index is 12.5. The third kappa shape index (κ3) is 3.51. The first-order valence-corrected chi connectivity index (χ1v) is 9.56. The molecule has 2 aromatic heterocycles. The number of carbonyl (C=O) groups is 1. The highest BCUT2D eigenvalue weighted by Gasteiger charge is 2.30. The Morgan fingerprint density at radius 1 is 1.48 bits per heavy atom. The van der Waals surface area contributed by atoms with Crippen molar-refractivity contribution >= 4 is 54.6 Å². The van der Waals surface area contributed by atoms with E-state index >= 15 is 0 Å². The average Bonchev–Trinajstić information content (AvgIpc) is 3.07. The number of esters is 1. The van der Waals surface area contributed by atoms with Crippen molar-refractivity contribution in [2.24, 2.45) is 0 Å². The SMILES string of the molecule is COC(=O)c1ncsc1S(=O)(=O)N(C)Cc1csc(Br)c1. The first-order valence-electron chi connectivity index (χ1n) is 5.57. The van der Waals surface area contributed by atoms with E-state index in [4.69, 9.17) is 0 Å². The molecule has 0 fully saturated rings. The lowest BCUT2D eigenvalue weighted by Gasteiger charge is -2.15. The van der Waals surface area contributed by atoms with Gasteiger partial charge in [0.2, 0.25) is 0 Å². The molecule has 2 heterocycles. The van der Waals surface area contributed by atoms with Gasteiger partial charge in [-0.3, -0.25) is 0 Å². The van der Waals surface area contributed by atoms with Crippen LogP contribution in [0.4, 0.5) is 0 Å². The summed E-state index contributed by atoms with van der Waals surface area (Å²) in [6.07, 6.45) is 0. The highest BCUT2D eigenvalue weighted by atomic mass is 79.9. The van der Waals surface area contributed by atoms with Crippen LogP contribution in [-0.2, 0) is 21.3 Å². The molecule has 114 valence electrons. The maximum atomic E-state index is 12.5. The highest BCUT2D eigenvalue weighted by Crippen LogP contribution is 2.27. The lowest BCUT2D eigenvalue weighted by molar-refractivity contribution is 0.0590. The second-order valence-electron chi connectivity index (χ2n) is 4.00. The quantitative estimate of drug-likeness (QED) is 0.707. The van der Waals surface area contributed by atoms with E-state index in [1.165, 1.54) is 35.3 Å². The van der Waals surface area contributed by atoms with E-state index in [2.05, 4.69) is 25.7 Å². The van der Waals surface area contributed by atoms with Gasteiger partial charge in [0, 0.05) is 13.6 Å². The maximum Gasteiger partial charge on any atom is 0.358 e. The molecule has 0 spiro atoms. The Morgan fingerprint density at radius 3 is 2.76 bits per heavy atom. The summed E-state index contributed by atoms with van der Waals surface area (Å²) in [5.74, 6) is -0.762. The fourth-order valence-electron chi connectivity index (χ4n) is 1.56. The summed E-state index contributed by atoms with van der Waals surface area (Å²) >= 11 is 5.71. The van der Waals surface area contributed by atoms with Crippen LogP contribution in [0.15, 0.2) is 25.0 Å². The molecular weight excluding hydrogens is 400 g/mol. The lowest BCUT2D eigenvalue weighted by atomic mass is 10.3.